The summed E-state index contributed by atoms with van der Waals surface area (Å²) in [6, 6.07) is 4.20. The van der Waals surface area contributed by atoms with Crippen molar-refractivity contribution in [3.05, 3.63) is 34.6 Å². The SMILES string of the molecule is CON(C)C(=O)Cc1ccc(Cl)cc1F. The van der Waals surface area contributed by atoms with E-state index in [1.165, 1.54) is 26.3 Å². The van der Waals surface area contributed by atoms with Crippen molar-refractivity contribution in [2.45, 2.75) is 6.42 Å². The Morgan fingerprint density at radius 2 is 2.27 bits per heavy atom. The van der Waals surface area contributed by atoms with Crippen LogP contribution in [0.4, 0.5) is 4.39 Å². The van der Waals surface area contributed by atoms with E-state index in [0.717, 1.165) is 5.06 Å². The van der Waals surface area contributed by atoms with Gasteiger partial charge in [0.15, 0.2) is 0 Å². The molecule has 3 nitrogen and oxygen atoms in total. The molecule has 0 aromatic heterocycles. The molecule has 15 heavy (non-hydrogen) atoms. The number of hydroxylamine groups is 2. The molecule has 0 atom stereocenters. The van der Waals surface area contributed by atoms with Crippen LogP contribution in [0.3, 0.4) is 0 Å². The normalized spacial score (nSPS) is 10.1. The highest BCUT2D eigenvalue weighted by Gasteiger charge is 2.12. The maximum atomic E-state index is 13.3. The van der Waals surface area contributed by atoms with Crippen LogP contribution in [0.5, 0.6) is 0 Å². The highest BCUT2D eigenvalue weighted by Crippen LogP contribution is 2.15. The largest absolute Gasteiger partial charge is 0.275 e. The Bertz CT molecular complexity index is 370. The van der Waals surface area contributed by atoms with Gasteiger partial charge in [0.25, 0.3) is 0 Å². The Kier molecular flexibility index (Phi) is 4.05. The van der Waals surface area contributed by atoms with Gasteiger partial charge in [-0.1, -0.05) is 17.7 Å². The van der Waals surface area contributed by atoms with Gasteiger partial charge in [-0.05, 0) is 17.7 Å². The zero-order valence-electron chi connectivity index (χ0n) is 8.46. The van der Waals surface area contributed by atoms with Gasteiger partial charge in [-0.2, -0.15) is 0 Å². The summed E-state index contributed by atoms with van der Waals surface area (Å²) in [6.45, 7) is 0. The third kappa shape index (κ3) is 3.18. The van der Waals surface area contributed by atoms with Gasteiger partial charge in [-0.25, -0.2) is 9.45 Å². The number of carbonyl (C=O) groups is 1. The molecular weight excluding hydrogens is 221 g/mol. The van der Waals surface area contributed by atoms with Gasteiger partial charge in [0.2, 0.25) is 5.91 Å². The molecule has 0 fully saturated rings. The molecule has 1 amide bonds. The van der Waals surface area contributed by atoms with Gasteiger partial charge in [0.1, 0.15) is 5.82 Å². The number of carbonyl (C=O) groups excluding carboxylic acids is 1. The van der Waals surface area contributed by atoms with Crippen molar-refractivity contribution in [1.82, 2.24) is 5.06 Å². The molecule has 0 aliphatic rings. The average Bonchev–Trinajstić information content (AvgIpc) is 2.20. The summed E-state index contributed by atoms with van der Waals surface area (Å²) < 4.78 is 13.3. The minimum Gasteiger partial charge on any atom is -0.275 e. The summed E-state index contributed by atoms with van der Waals surface area (Å²) >= 11 is 5.58. The lowest BCUT2D eigenvalue weighted by molar-refractivity contribution is -0.167. The molecule has 0 unspecified atom stereocenters. The lowest BCUT2D eigenvalue weighted by Gasteiger charge is -2.13. The summed E-state index contributed by atoms with van der Waals surface area (Å²) in [7, 11) is 2.84. The van der Waals surface area contributed by atoms with Crippen molar-refractivity contribution >= 4 is 17.5 Å². The maximum Gasteiger partial charge on any atom is 0.250 e. The van der Waals surface area contributed by atoms with E-state index in [1.807, 2.05) is 0 Å². The molecule has 0 heterocycles. The van der Waals surface area contributed by atoms with Crippen molar-refractivity contribution in [3.63, 3.8) is 0 Å². The third-order valence-electron chi connectivity index (χ3n) is 1.98. The van der Waals surface area contributed by atoms with E-state index in [9.17, 15) is 9.18 Å². The molecule has 1 rings (SSSR count). The van der Waals surface area contributed by atoms with Crippen molar-refractivity contribution in [3.8, 4) is 0 Å². The van der Waals surface area contributed by atoms with Crippen molar-refractivity contribution < 1.29 is 14.0 Å². The molecule has 0 saturated carbocycles. The van der Waals surface area contributed by atoms with Crippen LogP contribution in [0, 0.1) is 5.82 Å². The topological polar surface area (TPSA) is 29.5 Å². The Labute approximate surface area is 92.3 Å². The number of halogens is 2. The predicted molar refractivity (Wildman–Crippen MR) is 54.9 cm³/mol. The van der Waals surface area contributed by atoms with Crippen molar-refractivity contribution in [2.24, 2.45) is 0 Å². The van der Waals surface area contributed by atoms with Gasteiger partial charge in [-0.15, -0.1) is 0 Å². The van der Waals surface area contributed by atoms with Crippen LogP contribution in [0.15, 0.2) is 18.2 Å². The smallest absolute Gasteiger partial charge is 0.250 e. The van der Waals surface area contributed by atoms with E-state index in [1.54, 1.807) is 6.07 Å². The first-order chi connectivity index (χ1) is 7.04. The first kappa shape index (κ1) is 11.9. The number of amides is 1. The summed E-state index contributed by atoms with van der Waals surface area (Å²) in [5.41, 5.74) is 0.299. The highest BCUT2D eigenvalue weighted by molar-refractivity contribution is 6.30. The van der Waals surface area contributed by atoms with E-state index in [0.29, 0.717) is 10.6 Å². The molecule has 82 valence electrons. The Hall–Kier alpha value is -1.13. The van der Waals surface area contributed by atoms with Crippen molar-refractivity contribution in [2.75, 3.05) is 14.2 Å². The van der Waals surface area contributed by atoms with Gasteiger partial charge in [0.05, 0.1) is 13.5 Å². The monoisotopic (exact) mass is 231 g/mol. The number of likely N-dealkylation sites (N-methyl/N-ethyl adjacent to an activating group) is 1. The Morgan fingerprint density at radius 3 is 2.80 bits per heavy atom. The molecule has 0 aliphatic carbocycles. The van der Waals surface area contributed by atoms with Gasteiger partial charge in [0, 0.05) is 12.1 Å². The quantitative estimate of drug-likeness (QED) is 0.745. The van der Waals surface area contributed by atoms with Crippen LogP contribution in [0.1, 0.15) is 5.56 Å². The zero-order valence-corrected chi connectivity index (χ0v) is 9.21. The van der Waals surface area contributed by atoms with E-state index in [2.05, 4.69) is 4.84 Å². The first-order valence-electron chi connectivity index (χ1n) is 4.29. The fourth-order valence-corrected chi connectivity index (χ4v) is 1.20. The number of hydrogen-bond acceptors (Lipinski definition) is 2. The van der Waals surface area contributed by atoms with Crippen LogP contribution in [-0.4, -0.2) is 25.1 Å². The standard InChI is InChI=1S/C10H11ClFNO2/c1-13(15-2)10(14)5-7-3-4-8(11)6-9(7)12/h3-4,6H,5H2,1-2H3. The zero-order chi connectivity index (χ0) is 11.4. The number of hydrogen-bond donors (Lipinski definition) is 0. The summed E-state index contributed by atoms with van der Waals surface area (Å²) in [6.07, 6.45) is -0.0483. The molecule has 0 bridgehead atoms. The first-order valence-corrected chi connectivity index (χ1v) is 4.67. The summed E-state index contributed by atoms with van der Waals surface area (Å²) in [4.78, 5) is 16.1. The second-order valence-electron chi connectivity index (χ2n) is 2.99. The number of benzene rings is 1. The fraction of sp³-hybridized carbons (Fsp3) is 0.300. The molecule has 5 heteroatoms. The second-order valence-corrected chi connectivity index (χ2v) is 3.42. The fourth-order valence-electron chi connectivity index (χ4n) is 1.04. The van der Waals surface area contributed by atoms with Gasteiger partial charge >= 0.3 is 0 Å². The van der Waals surface area contributed by atoms with E-state index in [4.69, 9.17) is 11.6 Å². The second kappa shape index (κ2) is 5.09. The van der Waals surface area contributed by atoms with E-state index < -0.39 is 5.82 Å². The van der Waals surface area contributed by atoms with Crippen LogP contribution < -0.4 is 0 Å². The molecule has 1 aromatic rings. The lowest BCUT2D eigenvalue weighted by atomic mass is 10.1. The Balaban J connectivity index is 2.77. The molecule has 1 aromatic carbocycles. The van der Waals surface area contributed by atoms with Crippen LogP contribution >= 0.6 is 11.6 Å². The minimum absolute atomic E-state index is 0.0483. The summed E-state index contributed by atoms with van der Waals surface area (Å²) in [5.74, 6) is -0.806. The molecule has 0 N–H and O–H groups in total. The lowest BCUT2D eigenvalue weighted by Crippen LogP contribution is -2.27. The Morgan fingerprint density at radius 1 is 1.60 bits per heavy atom. The molecule has 0 spiro atoms. The average molecular weight is 232 g/mol. The van der Waals surface area contributed by atoms with E-state index in [-0.39, 0.29) is 12.3 Å². The van der Waals surface area contributed by atoms with Gasteiger partial charge in [-0.3, -0.25) is 9.63 Å². The van der Waals surface area contributed by atoms with Crippen LogP contribution in [0.25, 0.3) is 0 Å². The molecule has 0 saturated heterocycles. The van der Waals surface area contributed by atoms with Crippen LogP contribution in [-0.2, 0) is 16.1 Å². The van der Waals surface area contributed by atoms with Crippen molar-refractivity contribution in [1.29, 1.82) is 0 Å². The van der Waals surface area contributed by atoms with Gasteiger partial charge < -0.3 is 0 Å². The number of nitrogens with zero attached hydrogens (tertiary/aromatic N) is 1. The number of rotatable bonds is 3. The van der Waals surface area contributed by atoms with Crippen LogP contribution in [0.2, 0.25) is 5.02 Å². The highest BCUT2D eigenvalue weighted by atomic mass is 35.5. The maximum absolute atomic E-state index is 13.3. The molecular formula is C10H11ClFNO2. The summed E-state index contributed by atoms with van der Waals surface area (Å²) in [5, 5.41) is 1.36. The molecule has 0 radical (unpaired) electrons. The minimum atomic E-state index is -0.486. The predicted octanol–water partition coefficient (Wildman–Crippen LogP) is 2.04. The molecule has 0 aliphatic heterocycles. The third-order valence-corrected chi connectivity index (χ3v) is 2.22. The van der Waals surface area contributed by atoms with E-state index >= 15 is 0 Å².